The fourth-order valence-corrected chi connectivity index (χ4v) is 1.45. The molecule has 118 valence electrons. The summed E-state index contributed by atoms with van der Waals surface area (Å²) in [6.07, 6.45) is 1.36. The minimum absolute atomic E-state index is 0. The van der Waals surface area contributed by atoms with Crippen molar-refractivity contribution in [2.45, 2.75) is 58.0 Å². The highest BCUT2D eigenvalue weighted by Crippen LogP contribution is 2.10. The number of rotatable bonds is 7. The molecule has 0 aromatic rings. The Morgan fingerprint density at radius 3 is 1.74 bits per heavy atom. The molecule has 0 spiro atoms. The van der Waals surface area contributed by atoms with Crippen LogP contribution in [0.1, 0.15) is 47.0 Å². The lowest BCUT2D eigenvalue weighted by atomic mass is 9.99. The Morgan fingerprint density at radius 1 is 1.00 bits per heavy atom. The van der Waals surface area contributed by atoms with E-state index in [1.165, 1.54) is 4.90 Å². The van der Waals surface area contributed by atoms with Crippen LogP contribution in [0.25, 0.3) is 0 Å². The highest BCUT2D eigenvalue weighted by molar-refractivity contribution is 5.85. The third-order valence-electron chi connectivity index (χ3n) is 2.55. The minimum atomic E-state index is -0.885. The monoisotopic (exact) mass is 317 g/mol. The maximum absolute atomic E-state index is 11.0. The molecule has 0 heterocycles. The van der Waals surface area contributed by atoms with Crippen molar-refractivity contribution >= 4 is 30.9 Å². The number of carboxylic acid groups (broad SMARTS) is 1. The average Bonchev–Trinajstić information content (AvgIpc) is 2.06. The standard InChI is InChI=1S/C12H27N3O2.2ClH/c1-11(2,13)6-5-8-15(10(16)17)9-7-12(3,4)14;;/h5-9,13-14H2,1-4H3,(H,16,17);2*1H. The van der Waals surface area contributed by atoms with Crippen molar-refractivity contribution in [1.82, 2.24) is 4.90 Å². The second-order valence-corrected chi connectivity index (χ2v) is 6.10. The van der Waals surface area contributed by atoms with Crippen molar-refractivity contribution in [3.8, 4) is 0 Å². The van der Waals surface area contributed by atoms with E-state index in [-0.39, 0.29) is 35.9 Å². The summed E-state index contributed by atoms with van der Waals surface area (Å²) >= 11 is 0. The second kappa shape index (κ2) is 9.64. The van der Waals surface area contributed by atoms with Gasteiger partial charge in [-0.3, -0.25) is 0 Å². The van der Waals surface area contributed by atoms with Gasteiger partial charge in [-0.15, -0.1) is 24.8 Å². The van der Waals surface area contributed by atoms with Gasteiger partial charge in [-0.25, -0.2) is 4.79 Å². The van der Waals surface area contributed by atoms with E-state index in [2.05, 4.69) is 0 Å². The van der Waals surface area contributed by atoms with Gasteiger partial charge in [-0.05, 0) is 47.0 Å². The molecular formula is C12H29Cl2N3O2. The van der Waals surface area contributed by atoms with Crippen LogP contribution in [-0.2, 0) is 0 Å². The van der Waals surface area contributed by atoms with Crippen LogP contribution in [0.15, 0.2) is 0 Å². The molecule has 0 radical (unpaired) electrons. The van der Waals surface area contributed by atoms with Crippen molar-refractivity contribution in [2.75, 3.05) is 13.1 Å². The van der Waals surface area contributed by atoms with Gasteiger partial charge < -0.3 is 21.5 Å². The molecule has 7 heteroatoms. The van der Waals surface area contributed by atoms with Gasteiger partial charge in [-0.2, -0.15) is 0 Å². The first-order chi connectivity index (χ1) is 7.51. The molecule has 19 heavy (non-hydrogen) atoms. The summed E-state index contributed by atoms with van der Waals surface area (Å²) < 4.78 is 0. The van der Waals surface area contributed by atoms with Crippen LogP contribution in [0.3, 0.4) is 0 Å². The number of hydrogen-bond acceptors (Lipinski definition) is 3. The molecule has 0 aliphatic rings. The molecular weight excluding hydrogens is 289 g/mol. The first kappa shape index (κ1) is 23.8. The van der Waals surface area contributed by atoms with Crippen LogP contribution in [0, 0.1) is 0 Å². The van der Waals surface area contributed by atoms with E-state index in [0.29, 0.717) is 19.5 Å². The molecule has 5 nitrogen and oxygen atoms in total. The summed E-state index contributed by atoms with van der Waals surface area (Å²) in [5.41, 5.74) is 11.1. The van der Waals surface area contributed by atoms with E-state index in [9.17, 15) is 4.79 Å². The minimum Gasteiger partial charge on any atom is -0.465 e. The van der Waals surface area contributed by atoms with Gasteiger partial charge >= 0.3 is 6.09 Å². The molecule has 5 N–H and O–H groups in total. The number of nitrogens with two attached hydrogens (primary N) is 2. The van der Waals surface area contributed by atoms with Gasteiger partial charge in [0.1, 0.15) is 0 Å². The second-order valence-electron chi connectivity index (χ2n) is 6.10. The Bertz CT molecular complexity index is 250. The van der Waals surface area contributed by atoms with Crippen LogP contribution < -0.4 is 11.5 Å². The van der Waals surface area contributed by atoms with Crippen LogP contribution in [0.2, 0.25) is 0 Å². The van der Waals surface area contributed by atoms with Crippen LogP contribution in [0.4, 0.5) is 4.79 Å². The van der Waals surface area contributed by atoms with Crippen molar-refractivity contribution in [3.63, 3.8) is 0 Å². The Morgan fingerprint density at radius 2 is 1.42 bits per heavy atom. The summed E-state index contributed by atoms with van der Waals surface area (Å²) in [5, 5.41) is 9.05. The summed E-state index contributed by atoms with van der Waals surface area (Å²) in [6.45, 7) is 8.68. The summed E-state index contributed by atoms with van der Waals surface area (Å²) in [5.74, 6) is 0. The van der Waals surface area contributed by atoms with Crippen LogP contribution >= 0.6 is 24.8 Å². The highest BCUT2D eigenvalue weighted by Gasteiger charge is 2.18. The Balaban J connectivity index is -0.00000128. The van der Waals surface area contributed by atoms with E-state index in [0.717, 1.165) is 12.8 Å². The lowest BCUT2D eigenvalue weighted by molar-refractivity contribution is 0.139. The van der Waals surface area contributed by atoms with Crippen molar-refractivity contribution < 1.29 is 9.90 Å². The molecule has 0 aliphatic heterocycles. The fourth-order valence-electron chi connectivity index (χ4n) is 1.45. The lowest BCUT2D eigenvalue weighted by Gasteiger charge is -2.26. The normalized spacial score (nSPS) is 11.3. The predicted octanol–water partition coefficient (Wildman–Crippen LogP) is 2.45. The van der Waals surface area contributed by atoms with Crippen molar-refractivity contribution in [3.05, 3.63) is 0 Å². The molecule has 0 unspecified atom stereocenters. The largest absolute Gasteiger partial charge is 0.465 e. The first-order valence-electron chi connectivity index (χ1n) is 6.07. The molecule has 0 rings (SSSR count). The molecule has 0 bridgehead atoms. The van der Waals surface area contributed by atoms with Crippen molar-refractivity contribution in [1.29, 1.82) is 0 Å². The van der Waals surface area contributed by atoms with Crippen LogP contribution in [-0.4, -0.2) is 40.3 Å². The molecule has 0 atom stereocenters. The zero-order valence-electron chi connectivity index (χ0n) is 12.3. The highest BCUT2D eigenvalue weighted by atomic mass is 35.5. The summed E-state index contributed by atoms with van der Waals surface area (Å²) in [6, 6.07) is 0. The van der Waals surface area contributed by atoms with E-state index in [1.807, 2.05) is 27.7 Å². The Hall–Kier alpha value is -0.230. The quantitative estimate of drug-likeness (QED) is 0.672. The van der Waals surface area contributed by atoms with Crippen LogP contribution in [0.5, 0.6) is 0 Å². The number of halogens is 2. The average molecular weight is 318 g/mol. The third-order valence-corrected chi connectivity index (χ3v) is 2.55. The SMILES string of the molecule is CC(C)(N)CCCN(CCC(C)(C)N)C(=O)O.Cl.Cl. The zero-order valence-corrected chi connectivity index (χ0v) is 13.9. The summed E-state index contributed by atoms with van der Waals surface area (Å²) in [7, 11) is 0. The molecule has 0 saturated carbocycles. The van der Waals surface area contributed by atoms with Gasteiger partial charge in [0.25, 0.3) is 0 Å². The third kappa shape index (κ3) is 15.7. The Labute approximate surface area is 128 Å². The van der Waals surface area contributed by atoms with Gasteiger partial charge in [0.15, 0.2) is 0 Å². The fraction of sp³-hybridized carbons (Fsp3) is 0.917. The van der Waals surface area contributed by atoms with E-state index < -0.39 is 6.09 Å². The molecule has 0 aromatic heterocycles. The smallest absolute Gasteiger partial charge is 0.407 e. The van der Waals surface area contributed by atoms with Gasteiger partial charge in [0.2, 0.25) is 0 Å². The first-order valence-corrected chi connectivity index (χ1v) is 6.07. The molecule has 0 fully saturated rings. The van der Waals surface area contributed by atoms with E-state index >= 15 is 0 Å². The summed E-state index contributed by atoms with van der Waals surface area (Å²) in [4.78, 5) is 12.4. The van der Waals surface area contributed by atoms with Gasteiger partial charge in [-0.1, -0.05) is 0 Å². The topological polar surface area (TPSA) is 92.6 Å². The lowest BCUT2D eigenvalue weighted by Crippen LogP contribution is -2.40. The van der Waals surface area contributed by atoms with Gasteiger partial charge in [0, 0.05) is 24.2 Å². The zero-order chi connectivity index (χ0) is 13.7. The molecule has 0 aromatic carbocycles. The maximum atomic E-state index is 11.0. The molecule has 0 aliphatic carbocycles. The molecule has 0 saturated heterocycles. The number of carbonyl (C=O) groups is 1. The van der Waals surface area contributed by atoms with E-state index in [4.69, 9.17) is 16.6 Å². The Kier molecular flexibility index (Phi) is 12.1. The predicted molar refractivity (Wildman–Crippen MR) is 84.5 cm³/mol. The number of amides is 1. The van der Waals surface area contributed by atoms with E-state index in [1.54, 1.807) is 0 Å². The van der Waals surface area contributed by atoms with Crippen molar-refractivity contribution in [2.24, 2.45) is 11.5 Å². The molecule has 1 amide bonds. The van der Waals surface area contributed by atoms with Gasteiger partial charge in [0.05, 0.1) is 0 Å². The number of hydrogen-bond donors (Lipinski definition) is 3. The number of nitrogens with zero attached hydrogens (tertiary/aromatic N) is 1. The maximum Gasteiger partial charge on any atom is 0.407 e.